The summed E-state index contributed by atoms with van der Waals surface area (Å²) in [7, 11) is -3.66. The van der Waals surface area contributed by atoms with E-state index in [0.29, 0.717) is 17.9 Å². The lowest BCUT2D eigenvalue weighted by molar-refractivity contribution is 0.595. The first-order chi connectivity index (χ1) is 7.38. The quantitative estimate of drug-likeness (QED) is 0.801. The van der Waals surface area contributed by atoms with Crippen LogP contribution in [0, 0.1) is 13.8 Å². The molecule has 0 radical (unpaired) electrons. The molecule has 92 valence electrons. The summed E-state index contributed by atoms with van der Waals surface area (Å²) in [6.07, 6.45) is 0. The fourth-order valence-electron chi connectivity index (χ4n) is 1.61. The molecule has 0 aliphatic carbocycles. The fraction of sp³-hybridized carbons (Fsp3) is 0.667. The molecule has 7 heteroatoms. The standard InChI is InChI=1S/C9H17N3O2S2/c1-4-15-6-5-12-8(3)9(7(2)11-12)16(10,13)14/h4-6H2,1-3H3,(H2,10,13,14). The van der Waals surface area contributed by atoms with E-state index in [0.717, 1.165) is 11.5 Å². The second-order valence-corrected chi connectivity index (χ2v) is 6.36. The van der Waals surface area contributed by atoms with Crippen LogP contribution in [0.15, 0.2) is 4.90 Å². The van der Waals surface area contributed by atoms with Gasteiger partial charge in [0.25, 0.3) is 0 Å². The van der Waals surface area contributed by atoms with Crippen molar-refractivity contribution in [2.75, 3.05) is 11.5 Å². The molecule has 0 aliphatic heterocycles. The van der Waals surface area contributed by atoms with Gasteiger partial charge in [-0.2, -0.15) is 16.9 Å². The number of hydrogen-bond acceptors (Lipinski definition) is 4. The average Bonchev–Trinajstić information content (AvgIpc) is 2.41. The lowest BCUT2D eigenvalue weighted by atomic mass is 10.4. The van der Waals surface area contributed by atoms with Crippen LogP contribution in [-0.2, 0) is 16.6 Å². The maximum Gasteiger partial charge on any atom is 0.241 e. The van der Waals surface area contributed by atoms with Gasteiger partial charge >= 0.3 is 0 Å². The first kappa shape index (κ1) is 13.5. The van der Waals surface area contributed by atoms with E-state index in [4.69, 9.17) is 5.14 Å². The first-order valence-electron chi connectivity index (χ1n) is 5.02. The zero-order valence-corrected chi connectivity index (χ0v) is 11.4. The third kappa shape index (κ3) is 2.99. The highest BCUT2D eigenvalue weighted by Crippen LogP contribution is 2.17. The van der Waals surface area contributed by atoms with Crippen LogP contribution in [0.3, 0.4) is 0 Å². The van der Waals surface area contributed by atoms with Crippen LogP contribution in [-0.4, -0.2) is 29.7 Å². The molecule has 2 N–H and O–H groups in total. The third-order valence-corrected chi connectivity index (χ3v) is 4.29. The number of thioether (sulfide) groups is 1. The molecule has 0 fully saturated rings. The van der Waals surface area contributed by atoms with Crippen LogP contribution in [0.2, 0.25) is 0 Å². The zero-order chi connectivity index (χ0) is 12.3. The Hall–Kier alpha value is -0.530. The van der Waals surface area contributed by atoms with Crippen molar-refractivity contribution in [3.63, 3.8) is 0 Å². The lowest BCUT2D eigenvalue weighted by Gasteiger charge is -2.03. The number of nitrogens with two attached hydrogens (primary N) is 1. The Balaban J connectivity index is 2.99. The molecular weight excluding hydrogens is 246 g/mol. The van der Waals surface area contributed by atoms with Gasteiger partial charge in [-0.15, -0.1) is 0 Å². The Morgan fingerprint density at radius 2 is 2.06 bits per heavy atom. The van der Waals surface area contributed by atoms with Crippen molar-refractivity contribution in [3.8, 4) is 0 Å². The molecule has 0 spiro atoms. The SMILES string of the molecule is CCSCCn1nc(C)c(S(N)(=O)=O)c1C. The van der Waals surface area contributed by atoms with Crippen LogP contribution < -0.4 is 5.14 Å². The number of aryl methyl sites for hydroxylation is 2. The van der Waals surface area contributed by atoms with Crippen molar-refractivity contribution in [3.05, 3.63) is 11.4 Å². The second kappa shape index (κ2) is 5.20. The molecule has 0 saturated carbocycles. The molecule has 0 aliphatic rings. The molecule has 0 unspecified atom stereocenters. The monoisotopic (exact) mass is 263 g/mol. The van der Waals surface area contributed by atoms with Gasteiger partial charge < -0.3 is 0 Å². The Morgan fingerprint density at radius 1 is 1.44 bits per heavy atom. The average molecular weight is 263 g/mol. The van der Waals surface area contributed by atoms with E-state index in [1.807, 2.05) is 0 Å². The van der Waals surface area contributed by atoms with E-state index in [9.17, 15) is 8.42 Å². The van der Waals surface area contributed by atoms with E-state index in [-0.39, 0.29) is 4.90 Å². The Labute approximate surface area is 100 Å². The van der Waals surface area contributed by atoms with Gasteiger partial charge in [0.05, 0.1) is 17.9 Å². The summed E-state index contributed by atoms with van der Waals surface area (Å²) in [6.45, 7) is 6.19. The molecule has 5 nitrogen and oxygen atoms in total. The van der Waals surface area contributed by atoms with E-state index in [1.54, 1.807) is 30.3 Å². The summed E-state index contributed by atoms with van der Waals surface area (Å²) in [6, 6.07) is 0. The van der Waals surface area contributed by atoms with Crippen LogP contribution in [0.25, 0.3) is 0 Å². The van der Waals surface area contributed by atoms with Crippen molar-refractivity contribution in [2.45, 2.75) is 32.2 Å². The smallest absolute Gasteiger partial charge is 0.241 e. The minimum atomic E-state index is -3.66. The van der Waals surface area contributed by atoms with Gasteiger partial charge in [-0.05, 0) is 19.6 Å². The largest absolute Gasteiger partial charge is 0.267 e. The Morgan fingerprint density at radius 3 is 2.50 bits per heavy atom. The van der Waals surface area contributed by atoms with Gasteiger partial charge in [-0.3, -0.25) is 4.68 Å². The Bertz CT molecular complexity index is 465. The summed E-state index contributed by atoms with van der Waals surface area (Å²) in [4.78, 5) is 0.161. The minimum absolute atomic E-state index is 0.161. The molecule has 1 aromatic heterocycles. The number of primary sulfonamides is 1. The zero-order valence-electron chi connectivity index (χ0n) is 9.73. The van der Waals surface area contributed by atoms with Gasteiger partial charge in [0.15, 0.2) is 0 Å². The van der Waals surface area contributed by atoms with E-state index in [2.05, 4.69) is 12.0 Å². The van der Waals surface area contributed by atoms with Gasteiger partial charge in [0, 0.05) is 5.75 Å². The summed E-state index contributed by atoms with van der Waals surface area (Å²) in [5, 5.41) is 9.33. The van der Waals surface area contributed by atoms with Gasteiger partial charge in [-0.25, -0.2) is 13.6 Å². The highest BCUT2D eigenvalue weighted by atomic mass is 32.2. The van der Waals surface area contributed by atoms with Gasteiger partial charge in [0.2, 0.25) is 10.0 Å². The topological polar surface area (TPSA) is 78.0 Å². The van der Waals surface area contributed by atoms with Crippen LogP contribution in [0.5, 0.6) is 0 Å². The maximum absolute atomic E-state index is 11.3. The molecule has 0 atom stereocenters. The minimum Gasteiger partial charge on any atom is -0.267 e. The molecule has 1 aromatic rings. The summed E-state index contributed by atoms with van der Waals surface area (Å²) >= 11 is 1.79. The van der Waals surface area contributed by atoms with Gasteiger partial charge in [-0.1, -0.05) is 6.92 Å². The molecule has 1 rings (SSSR count). The second-order valence-electron chi connectivity index (χ2n) is 3.47. The van der Waals surface area contributed by atoms with Crippen molar-refractivity contribution in [2.24, 2.45) is 5.14 Å². The molecule has 0 saturated heterocycles. The van der Waals surface area contributed by atoms with E-state index < -0.39 is 10.0 Å². The number of rotatable bonds is 5. The van der Waals surface area contributed by atoms with Crippen molar-refractivity contribution in [1.82, 2.24) is 9.78 Å². The van der Waals surface area contributed by atoms with Crippen LogP contribution >= 0.6 is 11.8 Å². The van der Waals surface area contributed by atoms with Crippen molar-refractivity contribution >= 4 is 21.8 Å². The normalized spacial score (nSPS) is 12.0. The number of sulfonamides is 1. The highest BCUT2D eigenvalue weighted by molar-refractivity contribution is 7.99. The third-order valence-electron chi connectivity index (χ3n) is 2.25. The Kier molecular flexibility index (Phi) is 4.40. The number of aromatic nitrogens is 2. The number of hydrogen-bond donors (Lipinski definition) is 1. The molecule has 16 heavy (non-hydrogen) atoms. The first-order valence-corrected chi connectivity index (χ1v) is 7.72. The fourth-order valence-corrected chi connectivity index (χ4v) is 3.17. The van der Waals surface area contributed by atoms with Crippen molar-refractivity contribution < 1.29 is 8.42 Å². The maximum atomic E-state index is 11.3. The molecule has 1 heterocycles. The van der Waals surface area contributed by atoms with Gasteiger partial charge in [0.1, 0.15) is 4.90 Å². The van der Waals surface area contributed by atoms with E-state index in [1.165, 1.54) is 0 Å². The predicted molar refractivity (Wildman–Crippen MR) is 66.1 cm³/mol. The van der Waals surface area contributed by atoms with Crippen molar-refractivity contribution in [1.29, 1.82) is 0 Å². The molecular formula is C9H17N3O2S2. The van der Waals surface area contributed by atoms with E-state index >= 15 is 0 Å². The summed E-state index contributed by atoms with van der Waals surface area (Å²) < 4.78 is 24.4. The molecule has 0 amide bonds. The summed E-state index contributed by atoms with van der Waals surface area (Å²) in [5.74, 6) is 1.96. The van der Waals surface area contributed by atoms with Crippen LogP contribution in [0.1, 0.15) is 18.3 Å². The van der Waals surface area contributed by atoms with Crippen LogP contribution in [0.4, 0.5) is 0 Å². The molecule has 0 aromatic carbocycles. The predicted octanol–water partition coefficient (Wildman–Crippen LogP) is 0.900. The number of nitrogens with zero attached hydrogens (tertiary/aromatic N) is 2. The summed E-state index contributed by atoms with van der Waals surface area (Å²) in [5.41, 5.74) is 1.10. The lowest BCUT2D eigenvalue weighted by Crippen LogP contribution is -2.14. The highest BCUT2D eigenvalue weighted by Gasteiger charge is 2.20. The molecule has 0 bridgehead atoms.